The summed E-state index contributed by atoms with van der Waals surface area (Å²) < 4.78 is 0. The number of fused-ring (bicyclic) bond motifs is 1. The molecule has 0 unspecified atom stereocenters. The maximum atomic E-state index is 6.03. The lowest BCUT2D eigenvalue weighted by Crippen LogP contribution is -2.00. The molecule has 0 aliphatic rings. The second-order valence-corrected chi connectivity index (χ2v) is 4.01. The molecule has 78 valence electrons. The van der Waals surface area contributed by atoms with E-state index in [4.69, 9.17) is 28.9 Å². The Bertz CT molecular complexity index is 526. The highest BCUT2D eigenvalue weighted by Crippen LogP contribution is 2.29. The van der Waals surface area contributed by atoms with Crippen LogP contribution in [0, 0.1) is 0 Å². The molecule has 0 radical (unpaired) electrons. The number of benzene rings is 1. The van der Waals surface area contributed by atoms with Gasteiger partial charge >= 0.3 is 0 Å². The summed E-state index contributed by atoms with van der Waals surface area (Å²) in [6, 6.07) is 3.37. The Kier molecular flexibility index (Phi) is 2.67. The molecule has 1 aromatic heterocycles. The highest BCUT2D eigenvalue weighted by molar-refractivity contribution is 6.38. The van der Waals surface area contributed by atoms with Crippen LogP contribution in [0.25, 0.3) is 10.9 Å². The molecule has 0 aliphatic carbocycles. The second-order valence-electron chi connectivity index (χ2n) is 3.16. The molecule has 5 heteroatoms. The fourth-order valence-electron chi connectivity index (χ4n) is 1.39. The van der Waals surface area contributed by atoms with Crippen LogP contribution in [0.3, 0.4) is 0 Å². The van der Waals surface area contributed by atoms with E-state index in [9.17, 15) is 0 Å². The van der Waals surface area contributed by atoms with Gasteiger partial charge in [0.1, 0.15) is 11.6 Å². The van der Waals surface area contributed by atoms with Gasteiger partial charge in [0, 0.05) is 16.8 Å². The molecule has 0 bridgehead atoms. The van der Waals surface area contributed by atoms with E-state index in [1.54, 1.807) is 12.1 Å². The first-order chi connectivity index (χ1) is 7.11. The van der Waals surface area contributed by atoms with E-state index in [0.717, 1.165) is 6.42 Å². The first kappa shape index (κ1) is 10.5. The highest BCUT2D eigenvalue weighted by Gasteiger charge is 2.08. The predicted octanol–water partition coefficient (Wildman–Crippen LogP) is 3.08. The molecule has 0 saturated heterocycles. The lowest BCUT2D eigenvalue weighted by atomic mass is 10.2. The minimum absolute atomic E-state index is 0.418. The quantitative estimate of drug-likeness (QED) is 0.835. The van der Waals surface area contributed by atoms with Gasteiger partial charge in [-0.3, -0.25) is 0 Å². The Balaban J connectivity index is 2.85. The number of hydrogen-bond donors (Lipinski definition) is 1. The summed E-state index contributed by atoms with van der Waals surface area (Å²) in [5, 5.41) is 1.73. The van der Waals surface area contributed by atoms with Crippen LogP contribution in [-0.4, -0.2) is 9.97 Å². The van der Waals surface area contributed by atoms with Crippen LogP contribution in [0.2, 0.25) is 10.0 Å². The van der Waals surface area contributed by atoms with Gasteiger partial charge in [0.15, 0.2) is 0 Å². The molecule has 0 spiro atoms. The number of hydrogen-bond acceptors (Lipinski definition) is 3. The number of halogens is 2. The van der Waals surface area contributed by atoms with Crippen LogP contribution in [0.1, 0.15) is 12.7 Å². The van der Waals surface area contributed by atoms with E-state index >= 15 is 0 Å². The summed E-state index contributed by atoms with van der Waals surface area (Å²) in [6.07, 6.45) is 0.721. The van der Waals surface area contributed by atoms with Crippen LogP contribution in [0.5, 0.6) is 0 Å². The zero-order chi connectivity index (χ0) is 11.0. The van der Waals surface area contributed by atoms with Crippen LogP contribution in [0.15, 0.2) is 12.1 Å². The maximum absolute atomic E-state index is 6.03. The Hall–Kier alpha value is -1.06. The molecule has 1 heterocycles. The van der Waals surface area contributed by atoms with Gasteiger partial charge in [-0.15, -0.1) is 0 Å². The van der Waals surface area contributed by atoms with Crippen LogP contribution in [0.4, 0.5) is 5.82 Å². The Labute approximate surface area is 97.2 Å². The molecular formula is C10H9Cl2N3. The SMILES string of the molecule is CCc1nc(N)c2cc(Cl)cc(Cl)c2n1. The van der Waals surface area contributed by atoms with E-state index in [2.05, 4.69) is 9.97 Å². The van der Waals surface area contributed by atoms with Crippen molar-refractivity contribution in [1.29, 1.82) is 0 Å². The molecule has 2 rings (SSSR count). The topological polar surface area (TPSA) is 51.8 Å². The van der Waals surface area contributed by atoms with Crippen molar-refractivity contribution in [3.63, 3.8) is 0 Å². The first-order valence-electron chi connectivity index (χ1n) is 4.53. The van der Waals surface area contributed by atoms with Gasteiger partial charge in [0.25, 0.3) is 0 Å². The summed E-state index contributed by atoms with van der Waals surface area (Å²) in [6.45, 7) is 1.96. The molecule has 2 N–H and O–H groups in total. The average Bonchev–Trinajstić information content (AvgIpc) is 2.19. The van der Waals surface area contributed by atoms with Crippen molar-refractivity contribution in [3.8, 4) is 0 Å². The molecule has 3 nitrogen and oxygen atoms in total. The number of anilines is 1. The third kappa shape index (κ3) is 1.85. The third-order valence-corrected chi connectivity index (χ3v) is 2.62. The van der Waals surface area contributed by atoms with E-state index in [-0.39, 0.29) is 0 Å². The van der Waals surface area contributed by atoms with Crippen molar-refractivity contribution in [1.82, 2.24) is 9.97 Å². The number of aromatic nitrogens is 2. The third-order valence-electron chi connectivity index (χ3n) is 2.11. The number of rotatable bonds is 1. The fraction of sp³-hybridized carbons (Fsp3) is 0.200. The van der Waals surface area contributed by atoms with E-state index in [1.165, 1.54) is 0 Å². The molecular weight excluding hydrogens is 233 g/mol. The van der Waals surface area contributed by atoms with Gasteiger partial charge in [-0.25, -0.2) is 9.97 Å². The fourth-order valence-corrected chi connectivity index (χ4v) is 1.92. The minimum Gasteiger partial charge on any atom is -0.383 e. The van der Waals surface area contributed by atoms with Gasteiger partial charge in [-0.1, -0.05) is 30.1 Å². The summed E-state index contributed by atoms with van der Waals surface area (Å²) in [7, 11) is 0. The molecule has 0 amide bonds. The average molecular weight is 242 g/mol. The minimum atomic E-state index is 0.418. The highest BCUT2D eigenvalue weighted by atomic mass is 35.5. The standard InChI is InChI=1S/C10H9Cl2N3/c1-2-8-14-9-6(10(13)15-8)3-5(11)4-7(9)12/h3-4H,2H2,1H3,(H2,13,14,15). The first-order valence-corrected chi connectivity index (χ1v) is 5.28. The Morgan fingerprint density at radius 2 is 2.00 bits per heavy atom. The lowest BCUT2D eigenvalue weighted by molar-refractivity contribution is 0.966. The molecule has 1 aromatic carbocycles. The van der Waals surface area contributed by atoms with Crippen molar-refractivity contribution in [2.45, 2.75) is 13.3 Å². The maximum Gasteiger partial charge on any atom is 0.135 e. The molecule has 15 heavy (non-hydrogen) atoms. The summed E-state index contributed by atoms with van der Waals surface area (Å²) in [5.74, 6) is 1.10. The predicted molar refractivity (Wildman–Crippen MR) is 63.3 cm³/mol. The second kappa shape index (κ2) is 3.83. The van der Waals surface area contributed by atoms with Crippen molar-refractivity contribution in [2.75, 3.05) is 5.73 Å². The normalized spacial score (nSPS) is 10.9. The zero-order valence-corrected chi connectivity index (χ0v) is 9.60. The molecule has 0 aliphatic heterocycles. The smallest absolute Gasteiger partial charge is 0.135 e. The van der Waals surface area contributed by atoms with Crippen molar-refractivity contribution >= 4 is 39.9 Å². The van der Waals surface area contributed by atoms with Crippen molar-refractivity contribution < 1.29 is 0 Å². The van der Waals surface area contributed by atoms with Gasteiger partial charge in [-0.2, -0.15) is 0 Å². The number of nitrogen functional groups attached to an aromatic ring is 1. The van der Waals surface area contributed by atoms with Crippen molar-refractivity contribution in [3.05, 3.63) is 28.0 Å². The zero-order valence-electron chi connectivity index (χ0n) is 8.09. The molecule has 0 saturated carbocycles. The number of nitrogens with zero attached hydrogens (tertiary/aromatic N) is 2. The molecule has 2 aromatic rings. The van der Waals surface area contributed by atoms with E-state index < -0.39 is 0 Å². The van der Waals surface area contributed by atoms with Gasteiger partial charge in [0.05, 0.1) is 10.5 Å². The van der Waals surface area contributed by atoms with Gasteiger partial charge in [-0.05, 0) is 12.1 Å². The summed E-state index contributed by atoms with van der Waals surface area (Å²) >= 11 is 11.9. The molecule has 0 atom stereocenters. The molecule has 0 fully saturated rings. The Morgan fingerprint density at radius 3 is 2.67 bits per heavy atom. The monoisotopic (exact) mass is 241 g/mol. The summed E-state index contributed by atoms with van der Waals surface area (Å²) in [4.78, 5) is 8.46. The van der Waals surface area contributed by atoms with Crippen LogP contribution >= 0.6 is 23.2 Å². The van der Waals surface area contributed by atoms with Crippen LogP contribution in [-0.2, 0) is 6.42 Å². The van der Waals surface area contributed by atoms with E-state index in [1.807, 2.05) is 6.92 Å². The van der Waals surface area contributed by atoms with Gasteiger partial charge < -0.3 is 5.73 Å². The number of aryl methyl sites for hydroxylation is 1. The van der Waals surface area contributed by atoms with E-state index in [0.29, 0.717) is 32.6 Å². The van der Waals surface area contributed by atoms with Crippen LogP contribution < -0.4 is 5.73 Å². The lowest BCUT2D eigenvalue weighted by Gasteiger charge is -2.05. The summed E-state index contributed by atoms with van der Waals surface area (Å²) in [5.41, 5.74) is 6.46. The largest absolute Gasteiger partial charge is 0.383 e. The number of nitrogens with two attached hydrogens (primary N) is 1. The Morgan fingerprint density at radius 1 is 1.27 bits per heavy atom. The van der Waals surface area contributed by atoms with Gasteiger partial charge in [0.2, 0.25) is 0 Å². The van der Waals surface area contributed by atoms with Crippen molar-refractivity contribution in [2.24, 2.45) is 0 Å².